The molecule has 4 nitrogen and oxygen atoms in total. The van der Waals surface area contributed by atoms with E-state index >= 15 is 0 Å². The Balaban J connectivity index is 1.97. The third kappa shape index (κ3) is 2.40. The Hall–Kier alpha value is -1.68. The van der Waals surface area contributed by atoms with Gasteiger partial charge in [0.15, 0.2) is 0 Å². The molecule has 0 amide bonds. The molecule has 2 N–H and O–H groups in total. The number of aromatic nitrogens is 2. The molecule has 2 heterocycles. The highest BCUT2D eigenvalue weighted by molar-refractivity contribution is 5.78. The van der Waals surface area contributed by atoms with E-state index in [1.165, 1.54) is 12.8 Å². The molecule has 0 saturated carbocycles. The predicted octanol–water partition coefficient (Wildman–Crippen LogP) is 2.34. The molecule has 0 aliphatic carbocycles. The summed E-state index contributed by atoms with van der Waals surface area (Å²) in [5, 5.41) is 1.08. The second-order valence-corrected chi connectivity index (χ2v) is 5.34. The van der Waals surface area contributed by atoms with E-state index in [9.17, 15) is 0 Å². The number of fused-ring (bicyclic) bond motifs is 1. The lowest BCUT2D eigenvalue weighted by atomic mass is 9.97. The second-order valence-electron chi connectivity index (χ2n) is 5.34. The topological polar surface area (TPSA) is 55.0 Å². The van der Waals surface area contributed by atoms with E-state index < -0.39 is 0 Å². The molecule has 2 aromatic rings. The van der Waals surface area contributed by atoms with Gasteiger partial charge in [-0.25, -0.2) is 9.97 Å². The van der Waals surface area contributed by atoms with Gasteiger partial charge in [-0.1, -0.05) is 18.2 Å². The summed E-state index contributed by atoms with van der Waals surface area (Å²) in [5.41, 5.74) is 7.11. The lowest BCUT2D eigenvalue weighted by molar-refractivity contribution is 0.408. The zero-order valence-electron chi connectivity index (χ0n) is 11.3. The van der Waals surface area contributed by atoms with Gasteiger partial charge in [-0.2, -0.15) is 0 Å². The summed E-state index contributed by atoms with van der Waals surface area (Å²) in [4.78, 5) is 11.5. The van der Waals surface area contributed by atoms with Crippen LogP contribution in [0.5, 0.6) is 0 Å². The number of hydrogen-bond donors (Lipinski definition) is 1. The van der Waals surface area contributed by atoms with E-state index in [4.69, 9.17) is 10.7 Å². The van der Waals surface area contributed by atoms with Crippen LogP contribution < -0.4 is 10.6 Å². The summed E-state index contributed by atoms with van der Waals surface area (Å²) < 4.78 is 0. The van der Waals surface area contributed by atoms with E-state index in [0.29, 0.717) is 6.04 Å². The quantitative estimate of drug-likeness (QED) is 0.896. The Labute approximate surface area is 113 Å². The lowest BCUT2D eigenvalue weighted by Crippen LogP contribution is -2.50. The number of nitrogens with two attached hydrogens (primary N) is 1. The number of benzene rings is 1. The maximum atomic E-state index is 6.11. The van der Waals surface area contributed by atoms with Crippen molar-refractivity contribution in [3.8, 4) is 0 Å². The van der Waals surface area contributed by atoms with Crippen LogP contribution in [0.4, 0.5) is 5.95 Å². The Bertz CT molecular complexity index is 567. The number of para-hydroxylation sites is 1. The van der Waals surface area contributed by atoms with Crippen molar-refractivity contribution >= 4 is 16.9 Å². The van der Waals surface area contributed by atoms with Crippen LogP contribution in [-0.4, -0.2) is 28.6 Å². The van der Waals surface area contributed by atoms with Gasteiger partial charge in [0.2, 0.25) is 5.95 Å². The zero-order valence-corrected chi connectivity index (χ0v) is 11.3. The first-order valence-electron chi connectivity index (χ1n) is 7.00. The molecule has 4 heteroatoms. The Kier molecular flexibility index (Phi) is 3.34. The predicted molar refractivity (Wildman–Crippen MR) is 78.2 cm³/mol. The van der Waals surface area contributed by atoms with E-state index in [1.807, 2.05) is 30.5 Å². The first-order chi connectivity index (χ1) is 9.25. The zero-order chi connectivity index (χ0) is 13.2. The third-order valence-electron chi connectivity index (χ3n) is 3.89. The second kappa shape index (κ2) is 5.13. The molecule has 0 bridgehead atoms. The van der Waals surface area contributed by atoms with Gasteiger partial charge in [0.25, 0.3) is 0 Å². The summed E-state index contributed by atoms with van der Waals surface area (Å²) in [7, 11) is 0. The van der Waals surface area contributed by atoms with E-state index in [1.54, 1.807) is 0 Å². The molecule has 100 valence electrons. The van der Waals surface area contributed by atoms with Crippen LogP contribution in [0.3, 0.4) is 0 Å². The molecule has 1 aromatic heterocycles. The molecule has 3 rings (SSSR count). The normalized spacial score (nSPS) is 21.6. The van der Waals surface area contributed by atoms with Crippen molar-refractivity contribution in [3.05, 3.63) is 30.5 Å². The molecule has 1 aliphatic heterocycles. The highest BCUT2D eigenvalue weighted by Gasteiger charge is 2.27. The number of rotatable bonds is 2. The fraction of sp³-hybridized carbons (Fsp3) is 0.467. The van der Waals surface area contributed by atoms with Crippen LogP contribution in [0.15, 0.2) is 30.5 Å². The van der Waals surface area contributed by atoms with Crippen LogP contribution in [0.1, 0.15) is 26.2 Å². The maximum absolute atomic E-state index is 6.11. The molecular weight excluding hydrogens is 236 g/mol. The van der Waals surface area contributed by atoms with Gasteiger partial charge in [-0.3, -0.25) is 0 Å². The van der Waals surface area contributed by atoms with Gasteiger partial charge < -0.3 is 10.6 Å². The van der Waals surface area contributed by atoms with Crippen LogP contribution >= 0.6 is 0 Å². The van der Waals surface area contributed by atoms with E-state index in [0.717, 1.165) is 29.8 Å². The highest BCUT2D eigenvalue weighted by Crippen LogP contribution is 2.24. The van der Waals surface area contributed by atoms with Crippen molar-refractivity contribution in [2.24, 2.45) is 5.73 Å². The fourth-order valence-corrected chi connectivity index (χ4v) is 2.85. The summed E-state index contributed by atoms with van der Waals surface area (Å²) in [5.74, 6) is 0.820. The highest BCUT2D eigenvalue weighted by atomic mass is 15.3. The number of hydrogen-bond acceptors (Lipinski definition) is 4. The van der Waals surface area contributed by atoms with E-state index in [2.05, 4.69) is 16.8 Å². The minimum atomic E-state index is 0.148. The van der Waals surface area contributed by atoms with Crippen molar-refractivity contribution in [1.82, 2.24) is 9.97 Å². The van der Waals surface area contributed by atoms with Crippen LogP contribution in [-0.2, 0) is 0 Å². The van der Waals surface area contributed by atoms with Gasteiger partial charge in [0, 0.05) is 30.2 Å². The maximum Gasteiger partial charge on any atom is 0.226 e. The first-order valence-corrected chi connectivity index (χ1v) is 7.00. The molecular formula is C15H20N4. The SMILES string of the molecule is CC(N)C1CCCCN1c1ncc2ccccc2n1. The van der Waals surface area contributed by atoms with E-state index in [-0.39, 0.29) is 6.04 Å². The van der Waals surface area contributed by atoms with Crippen molar-refractivity contribution < 1.29 is 0 Å². The third-order valence-corrected chi connectivity index (χ3v) is 3.89. The molecule has 1 aromatic carbocycles. The molecule has 1 saturated heterocycles. The van der Waals surface area contributed by atoms with Crippen molar-refractivity contribution in [3.63, 3.8) is 0 Å². The molecule has 2 atom stereocenters. The average Bonchev–Trinajstić information content (AvgIpc) is 2.46. The van der Waals surface area contributed by atoms with Gasteiger partial charge >= 0.3 is 0 Å². The summed E-state index contributed by atoms with van der Waals surface area (Å²) >= 11 is 0. The first kappa shape index (κ1) is 12.4. The molecule has 2 unspecified atom stereocenters. The number of anilines is 1. The summed E-state index contributed by atoms with van der Waals surface area (Å²) in [6, 6.07) is 8.60. The standard InChI is InChI=1S/C15H20N4/c1-11(16)14-8-4-5-9-19(14)15-17-10-12-6-2-3-7-13(12)18-15/h2-3,6-7,10-11,14H,4-5,8-9,16H2,1H3. The van der Waals surface area contributed by atoms with Crippen molar-refractivity contribution in [2.45, 2.75) is 38.3 Å². The molecule has 0 spiro atoms. The van der Waals surface area contributed by atoms with Gasteiger partial charge in [0.05, 0.1) is 5.52 Å². The van der Waals surface area contributed by atoms with Gasteiger partial charge in [-0.05, 0) is 32.3 Å². The van der Waals surface area contributed by atoms with Crippen molar-refractivity contribution in [2.75, 3.05) is 11.4 Å². The van der Waals surface area contributed by atoms with Gasteiger partial charge in [0.1, 0.15) is 0 Å². The summed E-state index contributed by atoms with van der Waals surface area (Å²) in [6.45, 7) is 3.08. The summed E-state index contributed by atoms with van der Waals surface area (Å²) in [6.07, 6.45) is 5.48. The minimum Gasteiger partial charge on any atom is -0.336 e. The Morgan fingerprint density at radius 1 is 1.32 bits per heavy atom. The number of nitrogens with zero attached hydrogens (tertiary/aromatic N) is 3. The molecule has 0 radical (unpaired) electrons. The Morgan fingerprint density at radius 3 is 3.00 bits per heavy atom. The van der Waals surface area contributed by atoms with Gasteiger partial charge in [-0.15, -0.1) is 0 Å². The molecule has 1 aliphatic rings. The van der Waals surface area contributed by atoms with Crippen LogP contribution in [0.2, 0.25) is 0 Å². The minimum absolute atomic E-state index is 0.148. The lowest BCUT2D eigenvalue weighted by Gasteiger charge is -2.38. The van der Waals surface area contributed by atoms with Crippen molar-refractivity contribution in [1.29, 1.82) is 0 Å². The molecule has 19 heavy (non-hydrogen) atoms. The number of piperidine rings is 1. The average molecular weight is 256 g/mol. The van der Waals surface area contributed by atoms with Crippen LogP contribution in [0.25, 0.3) is 10.9 Å². The largest absolute Gasteiger partial charge is 0.336 e. The molecule has 1 fully saturated rings. The monoisotopic (exact) mass is 256 g/mol. The fourth-order valence-electron chi connectivity index (χ4n) is 2.85. The van der Waals surface area contributed by atoms with Crippen LogP contribution in [0, 0.1) is 0 Å². The Morgan fingerprint density at radius 2 is 2.16 bits per heavy atom. The smallest absolute Gasteiger partial charge is 0.226 e.